The van der Waals surface area contributed by atoms with Crippen LogP contribution in [0.1, 0.15) is 34.8 Å². The summed E-state index contributed by atoms with van der Waals surface area (Å²) in [6, 6.07) is 14.2. The van der Waals surface area contributed by atoms with E-state index in [0.29, 0.717) is 0 Å². The zero-order chi connectivity index (χ0) is 14.8. The normalized spacial score (nSPS) is 33.6. The minimum Gasteiger partial charge on any atom is -0.497 e. The molecule has 2 aromatic rings. The SMILES string of the molecule is COc1ccc2c(c1)[C@@H]1[C@H]([C@H]3O[C@H]1c1ccccc13)[S@@](=O)N2. The van der Waals surface area contributed by atoms with Crippen molar-refractivity contribution in [2.75, 3.05) is 11.8 Å². The van der Waals surface area contributed by atoms with Crippen molar-refractivity contribution in [1.29, 1.82) is 0 Å². The fraction of sp³-hybridized carbons (Fsp3) is 0.294. The highest BCUT2D eigenvalue weighted by atomic mass is 32.2. The van der Waals surface area contributed by atoms with Gasteiger partial charge in [0.1, 0.15) is 22.8 Å². The minimum atomic E-state index is -1.14. The Hall–Kier alpha value is -1.85. The van der Waals surface area contributed by atoms with Crippen LogP contribution in [-0.2, 0) is 15.7 Å². The van der Waals surface area contributed by atoms with Crippen LogP contribution in [0.4, 0.5) is 5.69 Å². The van der Waals surface area contributed by atoms with E-state index >= 15 is 0 Å². The maximum absolute atomic E-state index is 12.7. The first-order valence-corrected chi connectivity index (χ1v) is 8.58. The molecule has 3 aliphatic heterocycles. The van der Waals surface area contributed by atoms with Gasteiger partial charge in [0.15, 0.2) is 0 Å². The fourth-order valence-electron chi connectivity index (χ4n) is 4.03. The van der Waals surface area contributed by atoms with Crippen molar-refractivity contribution in [3.05, 3.63) is 59.2 Å². The average molecular weight is 313 g/mol. The Labute approximate surface area is 131 Å². The number of rotatable bonds is 1. The first-order chi connectivity index (χ1) is 10.8. The van der Waals surface area contributed by atoms with Gasteiger partial charge in [0.2, 0.25) is 0 Å². The average Bonchev–Trinajstić information content (AvgIpc) is 3.12. The number of hydrogen-bond acceptors (Lipinski definition) is 3. The summed E-state index contributed by atoms with van der Waals surface area (Å²) in [6.07, 6.45) is -0.0954. The second-order valence-corrected chi connectivity index (χ2v) is 7.29. The third kappa shape index (κ3) is 1.48. The molecule has 22 heavy (non-hydrogen) atoms. The van der Waals surface area contributed by atoms with Crippen molar-refractivity contribution < 1.29 is 13.7 Å². The third-order valence-electron chi connectivity index (χ3n) is 4.96. The summed E-state index contributed by atoms with van der Waals surface area (Å²) in [5.41, 5.74) is 4.50. The van der Waals surface area contributed by atoms with Gasteiger partial charge in [-0.2, -0.15) is 0 Å². The Morgan fingerprint density at radius 2 is 1.86 bits per heavy atom. The summed E-state index contributed by atoms with van der Waals surface area (Å²) >= 11 is 0. The molecule has 0 amide bonds. The molecule has 0 radical (unpaired) electrons. The Morgan fingerprint density at radius 1 is 1.09 bits per heavy atom. The van der Waals surface area contributed by atoms with Gasteiger partial charge >= 0.3 is 0 Å². The first-order valence-electron chi connectivity index (χ1n) is 7.37. The van der Waals surface area contributed by atoms with E-state index in [0.717, 1.165) is 17.0 Å². The van der Waals surface area contributed by atoms with Gasteiger partial charge in [-0.1, -0.05) is 24.3 Å². The molecule has 3 aliphatic rings. The van der Waals surface area contributed by atoms with Crippen LogP contribution in [0.3, 0.4) is 0 Å². The van der Waals surface area contributed by atoms with E-state index in [2.05, 4.69) is 16.9 Å². The number of benzene rings is 2. The van der Waals surface area contributed by atoms with Crippen LogP contribution in [0.5, 0.6) is 5.75 Å². The number of anilines is 1. The van der Waals surface area contributed by atoms with Crippen LogP contribution in [0, 0.1) is 0 Å². The summed E-state index contributed by atoms with van der Waals surface area (Å²) in [7, 11) is 0.529. The van der Waals surface area contributed by atoms with Crippen molar-refractivity contribution in [1.82, 2.24) is 0 Å². The molecule has 3 heterocycles. The number of methoxy groups -OCH3 is 1. The van der Waals surface area contributed by atoms with E-state index in [-0.39, 0.29) is 23.4 Å². The Kier molecular flexibility index (Phi) is 2.50. The van der Waals surface area contributed by atoms with Gasteiger partial charge in [-0.25, -0.2) is 4.21 Å². The highest BCUT2D eigenvalue weighted by molar-refractivity contribution is 7.87. The van der Waals surface area contributed by atoms with Crippen molar-refractivity contribution >= 4 is 16.7 Å². The lowest BCUT2D eigenvalue weighted by Gasteiger charge is -2.34. The van der Waals surface area contributed by atoms with Gasteiger partial charge in [-0.15, -0.1) is 0 Å². The highest BCUT2D eigenvalue weighted by Gasteiger charge is 2.57. The topological polar surface area (TPSA) is 47.6 Å². The number of ether oxygens (including phenoxy) is 2. The third-order valence-corrected chi connectivity index (χ3v) is 6.41. The molecular weight excluding hydrogens is 298 g/mol. The van der Waals surface area contributed by atoms with Crippen LogP contribution >= 0.6 is 0 Å². The lowest BCUT2D eigenvalue weighted by atomic mass is 9.79. The van der Waals surface area contributed by atoms with Gasteiger partial charge in [0.25, 0.3) is 0 Å². The molecule has 1 saturated heterocycles. The molecule has 1 fully saturated rings. The zero-order valence-corrected chi connectivity index (χ0v) is 12.8. The van der Waals surface area contributed by atoms with Crippen LogP contribution < -0.4 is 9.46 Å². The predicted octanol–water partition coefficient (Wildman–Crippen LogP) is 3.06. The molecule has 0 aromatic heterocycles. The van der Waals surface area contributed by atoms with E-state index in [4.69, 9.17) is 9.47 Å². The largest absolute Gasteiger partial charge is 0.497 e. The minimum absolute atomic E-state index is 0.0110. The Balaban J connectivity index is 1.71. The fourth-order valence-corrected chi connectivity index (χ4v) is 5.55. The summed E-state index contributed by atoms with van der Waals surface area (Å²) in [5, 5.41) is -0.0421. The maximum atomic E-state index is 12.7. The monoisotopic (exact) mass is 313 g/mol. The van der Waals surface area contributed by atoms with Gasteiger partial charge in [-0.05, 0) is 34.9 Å². The summed E-state index contributed by atoms with van der Waals surface area (Å²) in [5.74, 6) is 0.940. The molecule has 5 heteroatoms. The van der Waals surface area contributed by atoms with E-state index in [1.54, 1.807) is 7.11 Å². The van der Waals surface area contributed by atoms with Gasteiger partial charge in [-0.3, -0.25) is 0 Å². The number of fused-ring (bicyclic) bond motifs is 10. The molecule has 1 N–H and O–H groups in total. The Bertz CT molecular complexity index is 806. The molecule has 5 rings (SSSR count). The molecule has 112 valence electrons. The zero-order valence-electron chi connectivity index (χ0n) is 12.0. The van der Waals surface area contributed by atoms with Crippen LogP contribution in [0.15, 0.2) is 42.5 Å². The molecule has 2 aromatic carbocycles. The maximum Gasteiger partial charge on any atom is 0.124 e. The van der Waals surface area contributed by atoms with Crippen LogP contribution in [0.25, 0.3) is 0 Å². The summed E-state index contributed by atoms with van der Waals surface area (Å²) < 4.78 is 27.4. The quantitative estimate of drug-likeness (QED) is 0.880. The lowest BCUT2D eigenvalue weighted by Crippen LogP contribution is -2.36. The van der Waals surface area contributed by atoms with Gasteiger partial charge in [0, 0.05) is 5.92 Å². The molecular formula is C17H15NO3S. The molecule has 0 unspecified atom stereocenters. The van der Waals surface area contributed by atoms with Crippen molar-refractivity contribution in [3.8, 4) is 5.75 Å². The summed E-state index contributed by atoms with van der Waals surface area (Å²) in [6.45, 7) is 0. The van der Waals surface area contributed by atoms with E-state index < -0.39 is 11.0 Å². The number of hydrogen-bond donors (Lipinski definition) is 1. The van der Waals surface area contributed by atoms with Crippen molar-refractivity contribution in [2.45, 2.75) is 23.4 Å². The highest BCUT2D eigenvalue weighted by Crippen LogP contribution is 2.61. The molecule has 2 bridgehead atoms. The predicted molar refractivity (Wildman–Crippen MR) is 84.3 cm³/mol. The second kappa shape index (κ2) is 4.33. The molecule has 0 spiro atoms. The standard InChI is InChI=1S/C17H15NO3S/c1-20-9-6-7-13-12(8-9)14-15-10-4-2-3-5-11(10)16(21-15)17(14)22(19)18-13/h2-8,14-18H,1H3/t14-,15-,16-,17+,22+/m0/s1. The summed E-state index contributed by atoms with van der Waals surface area (Å²) in [4.78, 5) is 0. The number of nitrogens with one attached hydrogen (secondary N) is 1. The Morgan fingerprint density at radius 3 is 2.64 bits per heavy atom. The van der Waals surface area contributed by atoms with E-state index in [1.165, 1.54) is 11.1 Å². The molecule has 4 nitrogen and oxygen atoms in total. The van der Waals surface area contributed by atoms with Crippen LogP contribution in [0.2, 0.25) is 0 Å². The van der Waals surface area contributed by atoms with E-state index in [9.17, 15) is 4.21 Å². The van der Waals surface area contributed by atoms with Crippen molar-refractivity contribution in [3.63, 3.8) is 0 Å². The lowest BCUT2D eigenvalue weighted by molar-refractivity contribution is 0.0683. The smallest absolute Gasteiger partial charge is 0.124 e. The van der Waals surface area contributed by atoms with Crippen LogP contribution in [-0.4, -0.2) is 16.6 Å². The van der Waals surface area contributed by atoms with Crippen molar-refractivity contribution in [2.24, 2.45) is 0 Å². The second-order valence-electron chi connectivity index (χ2n) is 5.95. The first kappa shape index (κ1) is 12.7. The van der Waals surface area contributed by atoms with Gasteiger partial charge < -0.3 is 14.2 Å². The van der Waals surface area contributed by atoms with Gasteiger partial charge in [0.05, 0.1) is 24.2 Å². The molecule has 0 saturated carbocycles. The molecule has 5 atom stereocenters. The molecule has 0 aliphatic carbocycles. The van der Waals surface area contributed by atoms with E-state index in [1.807, 2.05) is 30.3 Å².